The Bertz CT molecular complexity index is 944. The first kappa shape index (κ1) is 24.7. The SMILES string of the molecule is CCCCNNC(=O)C1OC1C(=O)NC(CCCC)C(=O)NCCc1c[nH]c2ccccc12. The van der Waals surface area contributed by atoms with Gasteiger partial charge in [0.2, 0.25) is 5.91 Å². The number of nitrogens with one attached hydrogen (secondary N) is 5. The number of unbranched alkanes of at least 4 members (excludes halogenated alkanes) is 2. The fraction of sp³-hybridized carbons (Fsp3) is 0.542. The van der Waals surface area contributed by atoms with Crippen molar-refractivity contribution in [2.75, 3.05) is 13.1 Å². The molecule has 0 spiro atoms. The highest BCUT2D eigenvalue weighted by atomic mass is 16.6. The number of aromatic nitrogens is 1. The third kappa shape index (κ3) is 7.03. The first-order valence-electron chi connectivity index (χ1n) is 11.9. The lowest BCUT2D eigenvalue weighted by Gasteiger charge is -2.18. The number of hydrazine groups is 1. The van der Waals surface area contributed by atoms with Gasteiger partial charge in [-0.15, -0.1) is 0 Å². The summed E-state index contributed by atoms with van der Waals surface area (Å²) in [4.78, 5) is 40.6. The summed E-state index contributed by atoms with van der Waals surface area (Å²) < 4.78 is 5.25. The molecule has 2 aromatic rings. The third-order valence-corrected chi connectivity index (χ3v) is 5.72. The molecular formula is C24H35N5O4. The fourth-order valence-electron chi connectivity index (χ4n) is 3.71. The summed E-state index contributed by atoms with van der Waals surface area (Å²) in [6, 6.07) is 7.38. The molecule has 1 aromatic heterocycles. The first-order valence-corrected chi connectivity index (χ1v) is 11.9. The molecule has 9 heteroatoms. The van der Waals surface area contributed by atoms with Crippen LogP contribution in [0.2, 0.25) is 0 Å². The molecule has 1 fully saturated rings. The average molecular weight is 458 g/mol. The van der Waals surface area contributed by atoms with E-state index in [0.717, 1.165) is 42.1 Å². The van der Waals surface area contributed by atoms with E-state index in [-0.39, 0.29) is 11.8 Å². The molecule has 5 N–H and O–H groups in total. The van der Waals surface area contributed by atoms with Crippen molar-refractivity contribution in [1.82, 2.24) is 26.5 Å². The number of carbonyl (C=O) groups excluding carboxylic acids is 3. The fourth-order valence-corrected chi connectivity index (χ4v) is 3.71. The molecule has 3 rings (SSSR count). The third-order valence-electron chi connectivity index (χ3n) is 5.72. The molecule has 0 radical (unpaired) electrons. The maximum atomic E-state index is 12.8. The Kier molecular flexibility index (Phi) is 9.26. The Morgan fingerprint density at radius 3 is 2.58 bits per heavy atom. The van der Waals surface area contributed by atoms with E-state index in [2.05, 4.69) is 39.5 Å². The van der Waals surface area contributed by atoms with E-state index < -0.39 is 24.2 Å². The maximum Gasteiger partial charge on any atom is 0.266 e. The summed E-state index contributed by atoms with van der Waals surface area (Å²) in [5.74, 6) is -1.03. The maximum absolute atomic E-state index is 12.8. The lowest BCUT2D eigenvalue weighted by atomic mass is 10.1. The molecule has 0 saturated carbocycles. The molecule has 1 aromatic carbocycles. The van der Waals surface area contributed by atoms with Crippen molar-refractivity contribution in [2.45, 2.75) is 70.6 Å². The van der Waals surface area contributed by atoms with Crippen LogP contribution in [0.5, 0.6) is 0 Å². The van der Waals surface area contributed by atoms with Gasteiger partial charge in [-0.05, 0) is 30.9 Å². The smallest absolute Gasteiger partial charge is 0.266 e. The molecule has 33 heavy (non-hydrogen) atoms. The van der Waals surface area contributed by atoms with Gasteiger partial charge in [0.25, 0.3) is 11.8 Å². The standard InChI is InChI=1S/C24H35N5O4/c1-3-5-10-19(28-23(31)20-21(33-20)24(32)29-27-13-6-4-2)22(30)25-14-12-16-15-26-18-11-8-7-9-17(16)18/h7-9,11,15,19-21,26-27H,3-6,10,12-14H2,1-2H3,(H,25,30)(H,28,31)(H,29,32). The molecule has 3 atom stereocenters. The van der Waals surface area contributed by atoms with Gasteiger partial charge in [0.1, 0.15) is 6.04 Å². The quantitative estimate of drug-likeness (QED) is 0.168. The van der Waals surface area contributed by atoms with Gasteiger partial charge >= 0.3 is 0 Å². The Hall–Kier alpha value is -2.91. The Balaban J connectivity index is 1.46. The van der Waals surface area contributed by atoms with Crippen LogP contribution in [-0.2, 0) is 25.5 Å². The molecule has 0 aliphatic carbocycles. The van der Waals surface area contributed by atoms with Crippen LogP contribution < -0.4 is 21.5 Å². The summed E-state index contributed by atoms with van der Waals surface area (Å²) in [5.41, 5.74) is 7.57. The summed E-state index contributed by atoms with van der Waals surface area (Å²) in [6.45, 7) is 5.21. The Labute approximate surface area is 194 Å². The normalized spacial score (nSPS) is 18.0. The Morgan fingerprint density at radius 1 is 1.03 bits per heavy atom. The van der Waals surface area contributed by atoms with Crippen LogP contribution in [0.4, 0.5) is 0 Å². The second-order valence-corrected chi connectivity index (χ2v) is 8.35. The van der Waals surface area contributed by atoms with Gasteiger partial charge in [-0.25, -0.2) is 5.43 Å². The van der Waals surface area contributed by atoms with Crippen LogP contribution in [-0.4, -0.2) is 54.0 Å². The van der Waals surface area contributed by atoms with E-state index in [0.29, 0.717) is 25.9 Å². The van der Waals surface area contributed by atoms with Crippen molar-refractivity contribution in [2.24, 2.45) is 0 Å². The molecule has 9 nitrogen and oxygen atoms in total. The highest BCUT2D eigenvalue weighted by Crippen LogP contribution is 2.22. The number of amides is 3. The van der Waals surface area contributed by atoms with Crippen molar-refractivity contribution >= 4 is 28.6 Å². The lowest BCUT2D eigenvalue weighted by molar-refractivity contribution is -0.129. The predicted octanol–water partition coefficient (Wildman–Crippen LogP) is 1.69. The van der Waals surface area contributed by atoms with Crippen LogP contribution in [0.25, 0.3) is 10.9 Å². The Morgan fingerprint density at radius 2 is 1.79 bits per heavy atom. The van der Waals surface area contributed by atoms with Gasteiger partial charge in [-0.3, -0.25) is 19.8 Å². The zero-order valence-corrected chi connectivity index (χ0v) is 19.4. The molecule has 2 heterocycles. The minimum Gasteiger partial charge on any atom is -0.361 e. The van der Waals surface area contributed by atoms with Gasteiger partial charge in [0.15, 0.2) is 12.2 Å². The highest BCUT2D eigenvalue weighted by molar-refractivity contribution is 5.97. The van der Waals surface area contributed by atoms with Gasteiger partial charge in [-0.2, -0.15) is 0 Å². The lowest BCUT2D eigenvalue weighted by Crippen LogP contribution is -2.49. The number of ether oxygens (including phenoxy) is 1. The van der Waals surface area contributed by atoms with E-state index >= 15 is 0 Å². The van der Waals surface area contributed by atoms with Crippen molar-refractivity contribution in [3.05, 3.63) is 36.0 Å². The molecule has 3 amide bonds. The summed E-state index contributed by atoms with van der Waals surface area (Å²) in [5, 5.41) is 6.84. The summed E-state index contributed by atoms with van der Waals surface area (Å²) in [6.07, 6.45) is 5.14. The molecular weight excluding hydrogens is 422 g/mol. The van der Waals surface area contributed by atoms with E-state index in [1.165, 1.54) is 0 Å². The van der Waals surface area contributed by atoms with E-state index in [4.69, 9.17) is 4.74 Å². The molecule has 180 valence electrons. The second kappa shape index (κ2) is 12.4. The number of hydrogen-bond acceptors (Lipinski definition) is 5. The first-order chi connectivity index (χ1) is 16.0. The zero-order valence-electron chi connectivity index (χ0n) is 19.4. The topological polar surface area (TPSA) is 128 Å². The van der Waals surface area contributed by atoms with Crippen molar-refractivity contribution < 1.29 is 19.1 Å². The number of aromatic amines is 1. The van der Waals surface area contributed by atoms with Crippen molar-refractivity contribution in [3.8, 4) is 0 Å². The van der Waals surface area contributed by atoms with E-state index in [1.807, 2.05) is 31.3 Å². The molecule has 3 unspecified atom stereocenters. The number of carbonyl (C=O) groups is 3. The van der Waals surface area contributed by atoms with Gasteiger partial charge in [-0.1, -0.05) is 51.3 Å². The largest absolute Gasteiger partial charge is 0.361 e. The minimum absolute atomic E-state index is 0.223. The predicted molar refractivity (Wildman–Crippen MR) is 126 cm³/mol. The van der Waals surface area contributed by atoms with Crippen LogP contribution in [0, 0.1) is 0 Å². The van der Waals surface area contributed by atoms with Crippen molar-refractivity contribution in [3.63, 3.8) is 0 Å². The summed E-state index contributed by atoms with van der Waals surface area (Å²) >= 11 is 0. The molecule has 1 saturated heterocycles. The number of fused-ring (bicyclic) bond motifs is 1. The molecule has 1 aliphatic heterocycles. The highest BCUT2D eigenvalue weighted by Gasteiger charge is 2.51. The number of benzene rings is 1. The second-order valence-electron chi connectivity index (χ2n) is 8.35. The summed E-state index contributed by atoms with van der Waals surface area (Å²) in [7, 11) is 0. The number of hydrogen-bond donors (Lipinski definition) is 5. The van der Waals surface area contributed by atoms with Gasteiger partial charge < -0.3 is 20.4 Å². The van der Waals surface area contributed by atoms with Crippen LogP contribution in [0.1, 0.15) is 51.5 Å². The van der Waals surface area contributed by atoms with Crippen LogP contribution in [0.15, 0.2) is 30.5 Å². The molecule has 0 bridgehead atoms. The zero-order chi connectivity index (χ0) is 23.6. The number of para-hydroxylation sites is 1. The number of rotatable bonds is 14. The van der Waals surface area contributed by atoms with Gasteiger partial charge in [0, 0.05) is 30.2 Å². The van der Waals surface area contributed by atoms with Crippen LogP contribution in [0.3, 0.4) is 0 Å². The average Bonchev–Trinajstić information content (AvgIpc) is 3.53. The number of epoxide rings is 1. The number of H-pyrrole nitrogens is 1. The minimum atomic E-state index is -0.860. The van der Waals surface area contributed by atoms with E-state index in [1.54, 1.807) is 0 Å². The monoisotopic (exact) mass is 457 g/mol. The molecule has 1 aliphatic rings. The van der Waals surface area contributed by atoms with E-state index in [9.17, 15) is 14.4 Å². The van der Waals surface area contributed by atoms with Gasteiger partial charge in [0.05, 0.1) is 0 Å². The van der Waals surface area contributed by atoms with Crippen LogP contribution >= 0.6 is 0 Å². The van der Waals surface area contributed by atoms with Crippen molar-refractivity contribution in [1.29, 1.82) is 0 Å².